The summed E-state index contributed by atoms with van der Waals surface area (Å²) in [6.45, 7) is 2.23. The first kappa shape index (κ1) is 16.1. The van der Waals surface area contributed by atoms with Crippen molar-refractivity contribution >= 4 is 33.5 Å². The number of nitrogens with one attached hydrogen (secondary N) is 1. The molecular weight excluding hydrogens is 314 g/mol. The van der Waals surface area contributed by atoms with Gasteiger partial charge in [0, 0.05) is 30.9 Å². The van der Waals surface area contributed by atoms with Gasteiger partial charge in [-0.15, -0.1) is 0 Å². The van der Waals surface area contributed by atoms with Crippen LogP contribution in [-0.4, -0.2) is 66.7 Å². The van der Waals surface area contributed by atoms with E-state index >= 15 is 0 Å². The minimum absolute atomic E-state index is 0.0931. The minimum Gasteiger partial charge on any atom is -0.467 e. The predicted octanol–water partition coefficient (Wildman–Crippen LogP) is 0.236. The minimum atomic E-state index is -3.21. The lowest BCUT2D eigenvalue weighted by Crippen LogP contribution is -2.48. The summed E-state index contributed by atoms with van der Waals surface area (Å²) >= 11 is 1.62. The van der Waals surface area contributed by atoms with E-state index in [1.807, 2.05) is 0 Å². The standard InChI is InChI=1S/C11H19N5O3S2/c1-4-21(17,18)8-7-20-6-5-16(8)10-13-9(12-2)14-11(15-10)19-3/h8H,4-7H2,1-3H3,(H,12,13,14,15). The molecule has 1 saturated heterocycles. The van der Waals surface area contributed by atoms with Crippen LogP contribution in [0.4, 0.5) is 11.9 Å². The van der Waals surface area contributed by atoms with Crippen LogP contribution < -0.4 is 15.0 Å². The molecule has 1 fully saturated rings. The maximum absolute atomic E-state index is 12.3. The first-order valence-corrected chi connectivity index (χ1v) is 9.42. The lowest BCUT2D eigenvalue weighted by molar-refractivity contribution is 0.378. The molecule has 1 aromatic rings. The van der Waals surface area contributed by atoms with Crippen LogP contribution in [0.15, 0.2) is 0 Å². The van der Waals surface area contributed by atoms with E-state index in [0.29, 0.717) is 24.2 Å². The van der Waals surface area contributed by atoms with Gasteiger partial charge in [0.05, 0.1) is 7.11 Å². The highest BCUT2D eigenvalue weighted by molar-refractivity contribution is 8.01. The molecule has 0 saturated carbocycles. The monoisotopic (exact) mass is 333 g/mol. The van der Waals surface area contributed by atoms with Gasteiger partial charge in [0.25, 0.3) is 0 Å². The highest BCUT2D eigenvalue weighted by Crippen LogP contribution is 2.26. The van der Waals surface area contributed by atoms with Gasteiger partial charge in [-0.2, -0.15) is 26.7 Å². The molecule has 1 aliphatic rings. The molecule has 1 atom stereocenters. The van der Waals surface area contributed by atoms with Crippen LogP contribution >= 0.6 is 11.8 Å². The number of hydrogen-bond acceptors (Lipinski definition) is 9. The Bertz CT molecular complexity index is 573. The fourth-order valence-electron chi connectivity index (χ4n) is 1.98. The van der Waals surface area contributed by atoms with Crippen LogP contribution in [0, 0.1) is 0 Å². The van der Waals surface area contributed by atoms with Gasteiger partial charge < -0.3 is 15.0 Å². The van der Waals surface area contributed by atoms with Crippen molar-refractivity contribution in [3.63, 3.8) is 0 Å². The largest absolute Gasteiger partial charge is 0.467 e. The van der Waals surface area contributed by atoms with E-state index in [1.54, 1.807) is 30.6 Å². The van der Waals surface area contributed by atoms with Crippen LogP contribution in [-0.2, 0) is 9.84 Å². The Morgan fingerprint density at radius 1 is 1.43 bits per heavy atom. The summed E-state index contributed by atoms with van der Waals surface area (Å²) in [5.74, 6) is 2.12. The van der Waals surface area contributed by atoms with Crippen molar-refractivity contribution < 1.29 is 13.2 Å². The summed E-state index contributed by atoms with van der Waals surface area (Å²) < 4.78 is 29.6. The molecule has 0 spiro atoms. The molecule has 10 heteroatoms. The van der Waals surface area contributed by atoms with E-state index in [2.05, 4.69) is 20.3 Å². The second kappa shape index (κ2) is 6.65. The van der Waals surface area contributed by atoms with Crippen LogP contribution in [0.1, 0.15) is 6.92 Å². The number of sulfone groups is 1. The molecule has 2 heterocycles. The van der Waals surface area contributed by atoms with Crippen LogP contribution in [0.5, 0.6) is 6.01 Å². The number of aromatic nitrogens is 3. The molecule has 0 amide bonds. The zero-order valence-electron chi connectivity index (χ0n) is 12.2. The first-order valence-electron chi connectivity index (χ1n) is 6.55. The summed E-state index contributed by atoms with van der Waals surface area (Å²) in [5, 5.41) is 2.21. The van der Waals surface area contributed by atoms with E-state index in [4.69, 9.17) is 4.74 Å². The summed E-state index contributed by atoms with van der Waals surface area (Å²) in [5.41, 5.74) is 0. The van der Waals surface area contributed by atoms with Crippen LogP contribution in [0.3, 0.4) is 0 Å². The van der Waals surface area contributed by atoms with Crippen molar-refractivity contribution in [3.8, 4) is 6.01 Å². The summed E-state index contributed by atoms with van der Waals surface area (Å²) in [4.78, 5) is 14.2. The number of methoxy groups -OCH3 is 1. The summed E-state index contributed by atoms with van der Waals surface area (Å²) in [7, 11) is -0.0657. The van der Waals surface area contributed by atoms with Crippen LogP contribution in [0.25, 0.3) is 0 Å². The van der Waals surface area contributed by atoms with Crippen molar-refractivity contribution in [2.45, 2.75) is 12.3 Å². The predicted molar refractivity (Wildman–Crippen MR) is 83.8 cm³/mol. The lowest BCUT2D eigenvalue weighted by Gasteiger charge is -2.34. The van der Waals surface area contributed by atoms with Gasteiger partial charge in [0.1, 0.15) is 5.37 Å². The molecule has 0 radical (unpaired) electrons. The first-order chi connectivity index (χ1) is 10.0. The van der Waals surface area contributed by atoms with Gasteiger partial charge in [-0.05, 0) is 0 Å². The number of anilines is 2. The topological polar surface area (TPSA) is 97.3 Å². The maximum Gasteiger partial charge on any atom is 0.322 e. The van der Waals surface area contributed by atoms with Crippen LogP contribution in [0.2, 0.25) is 0 Å². The molecular formula is C11H19N5O3S2. The smallest absolute Gasteiger partial charge is 0.322 e. The number of ether oxygens (including phenoxy) is 1. The maximum atomic E-state index is 12.3. The van der Waals surface area contributed by atoms with Gasteiger partial charge in [-0.3, -0.25) is 0 Å². The average Bonchev–Trinajstić information content (AvgIpc) is 2.54. The third kappa shape index (κ3) is 3.49. The molecule has 0 aliphatic carbocycles. The Kier molecular flexibility index (Phi) is 5.09. The summed E-state index contributed by atoms with van der Waals surface area (Å²) in [6.07, 6.45) is 0. The van der Waals surface area contributed by atoms with Gasteiger partial charge in [-0.25, -0.2) is 8.42 Å². The van der Waals surface area contributed by atoms with E-state index in [0.717, 1.165) is 5.75 Å². The molecule has 0 bridgehead atoms. The molecule has 1 aliphatic heterocycles. The Morgan fingerprint density at radius 3 is 2.81 bits per heavy atom. The Hall–Kier alpha value is -1.29. The van der Waals surface area contributed by atoms with E-state index in [-0.39, 0.29) is 11.8 Å². The van der Waals surface area contributed by atoms with Crippen molar-refractivity contribution in [2.24, 2.45) is 0 Å². The highest BCUT2D eigenvalue weighted by Gasteiger charge is 2.34. The van der Waals surface area contributed by atoms with Crippen molar-refractivity contribution in [1.29, 1.82) is 0 Å². The lowest BCUT2D eigenvalue weighted by atomic mass is 10.5. The molecule has 1 aromatic heterocycles. The molecule has 118 valence electrons. The molecule has 1 N–H and O–H groups in total. The molecule has 8 nitrogen and oxygen atoms in total. The van der Waals surface area contributed by atoms with E-state index < -0.39 is 15.2 Å². The third-order valence-corrected chi connectivity index (χ3v) is 6.46. The van der Waals surface area contributed by atoms with Gasteiger partial charge in [0.15, 0.2) is 9.84 Å². The normalized spacial score (nSPS) is 19.4. The average molecular weight is 333 g/mol. The molecule has 2 rings (SSSR count). The van der Waals surface area contributed by atoms with E-state index in [9.17, 15) is 8.42 Å². The highest BCUT2D eigenvalue weighted by atomic mass is 32.2. The van der Waals surface area contributed by atoms with E-state index in [1.165, 1.54) is 7.11 Å². The third-order valence-electron chi connectivity index (χ3n) is 3.17. The van der Waals surface area contributed by atoms with Gasteiger partial charge >= 0.3 is 6.01 Å². The quantitative estimate of drug-likeness (QED) is 0.812. The zero-order chi connectivity index (χ0) is 15.5. The number of thioether (sulfide) groups is 1. The zero-order valence-corrected chi connectivity index (χ0v) is 13.9. The number of hydrogen-bond donors (Lipinski definition) is 1. The second-order valence-electron chi connectivity index (χ2n) is 4.37. The molecule has 1 unspecified atom stereocenters. The SMILES string of the molecule is CCS(=O)(=O)C1CSCCN1c1nc(NC)nc(OC)n1. The van der Waals surface area contributed by atoms with Gasteiger partial charge in [-0.1, -0.05) is 6.92 Å². The van der Waals surface area contributed by atoms with Crippen molar-refractivity contribution in [2.75, 3.05) is 48.2 Å². The Labute approximate surface area is 128 Å². The second-order valence-corrected chi connectivity index (χ2v) is 7.97. The number of nitrogens with zero attached hydrogens (tertiary/aromatic N) is 4. The molecule has 21 heavy (non-hydrogen) atoms. The molecule has 0 aromatic carbocycles. The number of rotatable bonds is 5. The van der Waals surface area contributed by atoms with Gasteiger partial charge in [0.2, 0.25) is 11.9 Å². The fourth-order valence-corrected chi connectivity index (χ4v) is 4.94. The fraction of sp³-hybridized carbons (Fsp3) is 0.727. The Balaban J connectivity index is 2.42. The Morgan fingerprint density at radius 2 is 2.19 bits per heavy atom. The van der Waals surface area contributed by atoms with Crippen molar-refractivity contribution in [3.05, 3.63) is 0 Å². The summed E-state index contributed by atoms with van der Waals surface area (Å²) in [6, 6.07) is 0.162. The van der Waals surface area contributed by atoms with Crippen molar-refractivity contribution in [1.82, 2.24) is 15.0 Å².